The number of aliphatic hydroxyl groups excluding tert-OH is 1. The Balaban J connectivity index is 2.03. The van der Waals surface area contributed by atoms with Crippen molar-refractivity contribution in [3.05, 3.63) is 33.8 Å². The summed E-state index contributed by atoms with van der Waals surface area (Å²) in [7, 11) is 0. The summed E-state index contributed by atoms with van der Waals surface area (Å²) in [5, 5.41) is 12.4. The van der Waals surface area contributed by atoms with Crippen LogP contribution in [0.3, 0.4) is 0 Å². The number of thioether (sulfide) groups is 2. The summed E-state index contributed by atoms with van der Waals surface area (Å²) in [5.41, 5.74) is 0.969. The molecule has 0 aliphatic carbocycles. The lowest BCUT2D eigenvalue weighted by Crippen LogP contribution is -2.36. The molecule has 0 radical (unpaired) electrons. The lowest BCUT2D eigenvalue weighted by atomic mass is 10.0. The second-order valence-electron chi connectivity index (χ2n) is 4.42. The third kappa shape index (κ3) is 3.73. The Kier molecular flexibility index (Phi) is 5.58. The zero-order chi connectivity index (χ0) is 13.1. The molecule has 1 saturated heterocycles. The van der Waals surface area contributed by atoms with Gasteiger partial charge in [-0.2, -0.15) is 23.5 Å². The predicted octanol–water partition coefficient (Wildman–Crippen LogP) is 4.13. The molecule has 0 spiro atoms. The van der Waals surface area contributed by atoms with E-state index in [1.807, 2.05) is 35.7 Å². The lowest BCUT2D eigenvalue weighted by molar-refractivity contribution is 0.171. The molecule has 0 amide bonds. The molecule has 2 rings (SSSR count). The third-order valence-electron chi connectivity index (χ3n) is 3.06. The van der Waals surface area contributed by atoms with Gasteiger partial charge in [0.25, 0.3) is 0 Å². The summed E-state index contributed by atoms with van der Waals surface area (Å²) in [5.74, 6) is 2.29. The van der Waals surface area contributed by atoms with E-state index in [2.05, 4.69) is 6.92 Å². The van der Waals surface area contributed by atoms with Crippen molar-refractivity contribution in [1.29, 1.82) is 0 Å². The van der Waals surface area contributed by atoms with Crippen LogP contribution in [0.1, 0.15) is 12.5 Å². The van der Waals surface area contributed by atoms with E-state index in [9.17, 15) is 5.11 Å². The summed E-state index contributed by atoms with van der Waals surface area (Å²) >= 11 is 15.8. The first-order valence-electron chi connectivity index (χ1n) is 5.93. The van der Waals surface area contributed by atoms with Gasteiger partial charge in [0.05, 0.1) is 6.10 Å². The van der Waals surface area contributed by atoms with Crippen LogP contribution in [-0.2, 0) is 6.42 Å². The van der Waals surface area contributed by atoms with Gasteiger partial charge in [-0.3, -0.25) is 0 Å². The Bertz CT molecular complexity index is 414. The number of hydrogen-bond acceptors (Lipinski definition) is 3. The Morgan fingerprint density at radius 2 is 2.06 bits per heavy atom. The summed E-state index contributed by atoms with van der Waals surface area (Å²) in [4.78, 5) is 0. The molecule has 0 bridgehead atoms. The fourth-order valence-corrected chi connectivity index (χ4v) is 5.43. The first kappa shape index (κ1) is 14.9. The van der Waals surface area contributed by atoms with Gasteiger partial charge < -0.3 is 5.11 Å². The number of halogens is 2. The van der Waals surface area contributed by atoms with Crippen LogP contribution in [0.4, 0.5) is 0 Å². The van der Waals surface area contributed by atoms with Crippen molar-refractivity contribution in [1.82, 2.24) is 0 Å². The Labute approximate surface area is 127 Å². The van der Waals surface area contributed by atoms with Gasteiger partial charge >= 0.3 is 0 Å². The van der Waals surface area contributed by atoms with E-state index >= 15 is 0 Å². The van der Waals surface area contributed by atoms with Gasteiger partial charge in [-0.15, -0.1) is 0 Å². The van der Waals surface area contributed by atoms with E-state index in [0.29, 0.717) is 21.7 Å². The van der Waals surface area contributed by atoms with Crippen LogP contribution in [0.15, 0.2) is 18.2 Å². The van der Waals surface area contributed by atoms with Gasteiger partial charge in [0, 0.05) is 38.5 Å². The highest BCUT2D eigenvalue weighted by Gasteiger charge is 2.29. The molecule has 1 aliphatic rings. The molecule has 3 unspecified atom stereocenters. The van der Waals surface area contributed by atoms with E-state index in [1.54, 1.807) is 6.07 Å². The smallest absolute Gasteiger partial charge is 0.0710 e. The lowest BCUT2D eigenvalue weighted by Gasteiger charge is -2.31. The summed E-state index contributed by atoms with van der Waals surface area (Å²) in [6.07, 6.45) is 0.245. The normalized spacial score (nSPS) is 26.0. The topological polar surface area (TPSA) is 20.2 Å². The summed E-state index contributed by atoms with van der Waals surface area (Å²) in [6, 6.07) is 5.46. The molecule has 1 aromatic carbocycles. The molecule has 1 nitrogen and oxygen atoms in total. The predicted molar refractivity (Wildman–Crippen MR) is 84.3 cm³/mol. The SMILES string of the molecule is CC1SCCSC1C(O)Cc1ccc(Cl)cc1Cl. The fourth-order valence-electron chi connectivity index (χ4n) is 2.10. The quantitative estimate of drug-likeness (QED) is 0.903. The molecule has 3 atom stereocenters. The van der Waals surface area contributed by atoms with Gasteiger partial charge in [-0.25, -0.2) is 0 Å². The highest BCUT2D eigenvalue weighted by atomic mass is 35.5. The van der Waals surface area contributed by atoms with Crippen LogP contribution in [0.25, 0.3) is 0 Å². The van der Waals surface area contributed by atoms with Crippen molar-refractivity contribution in [2.24, 2.45) is 0 Å². The number of hydrogen-bond donors (Lipinski definition) is 1. The average Bonchev–Trinajstić information content (AvgIpc) is 2.33. The number of aliphatic hydroxyl groups is 1. The van der Waals surface area contributed by atoms with Gasteiger partial charge in [0.2, 0.25) is 0 Å². The maximum Gasteiger partial charge on any atom is 0.0710 e. The van der Waals surface area contributed by atoms with E-state index in [1.165, 1.54) is 5.75 Å². The van der Waals surface area contributed by atoms with Crippen molar-refractivity contribution in [2.75, 3.05) is 11.5 Å². The minimum Gasteiger partial charge on any atom is -0.392 e. The maximum absolute atomic E-state index is 10.4. The highest BCUT2D eigenvalue weighted by molar-refractivity contribution is 8.07. The van der Waals surface area contributed by atoms with Crippen LogP contribution in [0.5, 0.6) is 0 Å². The molecule has 1 fully saturated rings. The van der Waals surface area contributed by atoms with Crippen molar-refractivity contribution in [2.45, 2.75) is 29.9 Å². The summed E-state index contributed by atoms with van der Waals surface area (Å²) < 4.78 is 0. The van der Waals surface area contributed by atoms with E-state index in [0.717, 1.165) is 11.3 Å². The van der Waals surface area contributed by atoms with E-state index in [-0.39, 0.29) is 11.4 Å². The van der Waals surface area contributed by atoms with Crippen molar-refractivity contribution in [3.8, 4) is 0 Å². The molecule has 1 aromatic rings. The Morgan fingerprint density at radius 1 is 1.33 bits per heavy atom. The van der Waals surface area contributed by atoms with E-state index < -0.39 is 0 Å². The van der Waals surface area contributed by atoms with Crippen LogP contribution in [-0.4, -0.2) is 33.2 Å². The fraction of sp³-hybridized carbons (Fsp3) is 0.538. The monoisotopic (exact) mass is 322 g/mol. The van der Waals surface area contributed by atoms with E-state index in [4.69, 9.17) is 23.2 Å². The second-order valence-corrected chi connectivity index (χ2v) is 8.03. The van der Waals surface area contributed by atoms with Crippen molar-refractivity contribution < 1.29 is 5.11 Å². The first-order valence-corrected chi connectivity index (χ1v) is 8.78. The van der Waals surface area contributed by atoms with Crippen molar-refractivity contribution >= 4 is 46.7 Å². The van der Waals surface area contributed by atoms with Crippen LogP contribution in [0.2, 0.25) is 10.0 Å². The van der Waals surface area contributed by atoms with Gasteiger partial charge in [-0.1, -0.05) is 36.2 Å². The van der Waals surface area contributed by atoms with Gasteiger partial charge in [-0.05, 0) is 17.7 Å². The van der Waals surface area contributed by atoms with Gasteiger partial charge in [0.1, 0.15) is 0 Å². The molecule has 1 aliphatic heterocycles. The number of benzene rings is 1. The minimum absolute atomic E-state index is 0.287. The van der Waals surface area contributed by atoms with Crippen LogP contribution < -0.4 is 0 Å². The molecule has 1 heterocycles. The molecule has 0 saturated carbocycles. The molecular formula is C13H16Cl2OS2. The number of rotatable bonds is 3. The Hall–Kier alpha value is 0.460. The standard InChI is InChI=1S/C13H16Cl2OS2/c1-8-13(18-5-4-17-8)12(16)6-9-2-3-10(14)7-11(9)15/h2-3,7-8,12-13,16H,4-6H2,1H3. The minimum atomic E-state index is -0.350. The molecule has 18 heavy (non-hydrogen) atoms. The largest absolute Gasteiger partial charge is 0.392 e. The third-order valence-corrected chi connectivity index (χ3v) is 6.88. The van der Waals surface area contributed by atoms with Gasteiger partial charge in [0.15, 0.2) is 0 Å². The van der Waals surface area contributed by atoms with Crippen molar-refractivity contribution in [3.63, 3.8) is 0 Å². The first-order chi connectivity index (χ1) is 8.58. The molecule has 100 valence electrons. The Morgan fingerprint density at radius 3 is 2.72 bits per heavy atom. The average molecular weight is 323 g/mol. The van der Waals surface area contributed by atoms with Crippen LogP contribution >= 0.6 is 46.7 Å². The maximum atomic E-state index is 10.4. The molecular weight excluding hydrogens is 307 g/mol. The molecule has 5 heteroatoms. The highest BCUT2D eigenvalue weighted by Crippen LogP contribution is 2.34. The second kappa shape index (κ2) is 6.76. The molecule has 1 N–H and O–H groups in total. The zero-order valence-corrected chi connectivity index (χ0v) is 13.2. The molecule has 0 aromatic heterocycles. The zero-order valence-electron chi connectivity index (χ0n) is 10.1. The summed E-state index contributed by atoms with van der Waals surface area (Å²) in [6.45, 7) is 2.19. The van der Waals surface area contributed by atoms with Crippen LogP contribution in [0, 0.1) is 0 Å².